The minimum atomic E-state index is -0.522. The molecule has 1 aromatic rings. The lowest BCUT2D eigenvalue weighted by Crippen LogP contribution is -2.34. The first-order valence-electron chi connectivity index (χ1n) is 6.64. The average Bonchev–Trinajstić information content (AvgIpc) is 2.79. The van der Waals surface area contributed by atoms with Crippen LogP contribution in [0.5, 0.6) is 0 Å². The second kappa shape index (κ2) is 7.28. The Morgan fingerprint density at radius 3 is 2.50 bits per heavy atom. The van der Waals surface area contributed by atoms with E-state index in [9.17, 15) is 14.9 Å². The zero-order valence-electron chi connectivity index (χ0n) is 11.9. The topological polar surface area (TPSA) is 77.2 Å². The summed E-state index contributed by atoms with van der Waals surface area (Å²) in [7, 11) is 1.49. The van der Waals surface area contributed by atoms with Gasteiger partial charge in [0.25, 0.3) is 5.91 Å². The van der Waals surface area contributed by atoms with Crippen LogP contribution in [0, 0.1) is 16.0 Å². The maximum absolute atomic E-state index is 12.0. The summed E-state index contributed by atoms with van der Waals surface area (Å²) < 4.78 is 1.26. The molecule has 0 bridgehead atoms. The Balaban J connectivity index is 2.66. The van der Waals surface area contributed by atoms with Crippen molar-refractivity contribution >= 4 is 23.3 Å². The molecule has 6 nitrogen and oxygen atoms in total. The summed E-state index contributed by atoms with van der Waals surface area (Å²) in [4.78, 5) is 22.2. The Morgan fingerprint density at radius 2 is 2.05 bits per heavy atom. The summed E-state index contributed by atoms with van der Waals surface area (Å²) in [5.41, 5.74) is 0.255. The van der Waals surface area contributed by atoms with E-state index < -0.39 is 4.92 Å². The number of halogens is 1. The van der Waals surface area contributed by atoms with E-state index in [0.717, 1.165) is 12.8 Å². The third-order valence-electron chi connectivity index (χ3n) is 3.53. The molecule has 0 spiro atoms. The highest BCUT2D eigenvalue weighted by atomic mass is 35.5. The monoisotopic (exact) mass is 301 g/mol. The van der Waals surface area contributed by atoms with E-state index in [0.29, 0.717) is 12.5 Å². The summed E-state index contributed by atoms with van der Waals surface area (Å²) in [5.74, 6) is -0.116. The van der Waals surface area contributed by atoms with Crippen molar-refractivity contribution in [2.24, 2.45) is 13.0 Å². The summed E-state index contributed by atoms with van der Waals surface area (Å²) in [6.07, 6.45) is 1.91. The number of aromatic nitrogens is 1. The molecule has 0 aliphatic rings. The van der Waals surface area contributed by atoms with Crippen LogP contribution in [0.15, 0.2) is 12.1 Å². The van der Waals surface area contributed by atoms with Gasteiger partial charge >= 0.3 is 5.82 Å². The van der Waals surface area contributed by atoms with Gasteiger partial charge in [0.15, 0.2) is 5.69 Å². The van der Waals surface area contributed by atoms with Crippen molar-refractivity contribution in [3.8, 4) is 0 Å². The zero-order valence-corrected chi connectivity index (χ0v) is 12.7. The molecule has 0 aliphatic carbocycles. The van der Waals surface area contributed by atoms with Gasteiger partial charge in [-0.05, 0) is 16.9 Å². The number of nitro groups is 1. The van der Waals surface area contributed by atoms with Crippen molar-refractivity contribution in [1.29, 1.82) is 0 Å². The van der Waals surface area contributed by atoms with Gasteiger partial charge in [0.05, 0.1) is 12.4 Å². The molecule has 0 radical (unpaired) electrons. The Morgan fingerprint density at radius 1 is 1.45 bits per heavy atom. The lowest BCUT2D eigenvalue weighted by molar-refractivity contribution is -0.391. The molecular formula is C13H20ClN3O3. The molecule has 1 rings (SSSR count). The van der Waals surface area contributed by atoms with E-state index in [-0.39, 0.29) is 22.8 Å². The third kappa shape index (κ3) is 3.72. The highest BCUT2D eigenvalue weighted by Crippen LogP contribution is 2.18. The van der Waals surface area contributed by atoms with Crippen LogP contribution in [0.3, 0.4) is 0 Å². The molecule has 0 fully saturated rings. The highest BCUT2D eigenvalue weighted by Gasteiger charge is 2.22. The average molecular weight is 302 g/mol. The van der Waals surface area contributed by atoms with Gasteiger partial charge < -0.3 is 15.4 Å². The Bertz CT molecular complexity index is 483. The smallest absolute Gasteiger partial charge is 0.323 e. The fourth-order valence-electron chi connectivity index (χ4n) is 2.16. The number of carbonyl (C=O) groups excluding carboxylic acids is 1. The van der Waals surface area contributed by atoms with Crippen LogP contribution in [-0.4, -0.2) is 27.3 Å². The predicted octanol–water partition coefficient (Wildman–Crippen LogP) is 2.71. The largest absolute Gasteiger partial charge is 0.358 e. The maximum atomic E-state index is 12.0. The van der Waals surface area contributed by atoms with Crippen LogP contribution in [0.25, 0.3) is 0 Å². The lowest BCUT2D eigenvalue weighted by Gasteiger charge is -2.19. The van der Waals surface area contributed by atoms with Crippen LogP contribution in [0.1, 0.15) is 37.2 Å². The highest BCUT2D eigenvalue weighted by molar-refractivity contribution is 6.21. The van der Waals surface area contributed by atoms with E-state index in [1.807, 2.05) is 0 Å². The molecule has 0 aromatic carbocycles. The van der Waals surface area contributed by atoms with Crippen molar-refractivity contribution in [2.45, 2.75) is 32.1 Å². The van der Waals surface area contributed by atoms with E-state index in [1.165, 1.54) is 23.7 Å². The molecule has 112 valence electrons. The quantitative estimate of drug-likeness (QED) is 0.478. The van der Waals surface area contributed by atoms with E-state index in [2.05, 4.69) is 19.2 Å². The molecule has 1 unspecified atom stereocenters. The summed E-state index contributed by atoms with van der Waals surface area (Å²) >= 11 is 6.24. The second-order valence-corrected chi connectivity index (χ2v) is 5.26. The predicted molar refractivity (Wildman–Crippen MR) is 78.1 cm³/mol. The second-order valence-electron chi connectivity index (χ2n) is 4.70. The number of alkyl halides is 1. The van der Waals surface area contributed by atoms with Crippen LogP contribution in [0.2, 0.25) is 0 Å². The maximum Gasteiger partial charge on any atom is 0.323 e. The third-order valence-corrected chi connectivity index (χ3v) is 4.04. The minimum Gasteiger partial charge on any atom is -0.358 e. The molecule has 1 N–H and O–H groups in total. The molecule has 0 aliphatic heterocycles. The Hall–Kier alpha value is -1.56. The number of rotatable bonds is 7. The number of amides is 1. The zero-order chi connectivity index (χ0) is 15.3. The molecule has 1 atom stereocenters. The summed E-state index contributed by atoms with van der Waals surface area (Å²) in [6, 6.07) is 2.75. The van der Waals surface area contributed by atoms with Crippen molar-refractivity contribution < 1.29 is 9.72 Å². The van der Waals surface area contributed by atoms with Gasteiger partial charge in [-0.15, -0.1) is 11.6 Å². The normalized spacial score (nSPS) is 12.4. The fraction of sp³-hybridized carbons (Fsp3) is 0.615. The van der Waals surface area contributed by atoms with E-state index in [1.54, 1.807) is 0 Å². The van der Waals surface area contributed by atoms with Gasteiger partial charge in [-0.2, -0.15) is 0 Å². The minimum absolute atomic E-state index is 0.113. The van der Waals surface area contributed by atoms with Crippen LogP contribution >= 0.6 is 11.6 Å². The first kappa shape index (κ1) is 16.5. The van der Waals surface area contributed by atoms with Crippen LogP contribution < -0.4 is 5.32 Å². The van der Waals surface area contributed by atoms with Crippen LogP contribution in [0.4, 0.5) is 5.82 Å². The van der Waals surface area contributed by atoms with Gasteiger partial charge in [-0.25, -0.2) is 4.57 Å². The van der Waals surface area contributed by atoms with E-state index in [4.69, 9.17) is 11.6 Å². The number of nitrogens with one attached hydrogen (secondary N) is 1. The number of carbonyl (C=O) groups is 1. The fourth-order valence-corrected chi connectivity index (χ4v) is 2.59. The molecule has 1 amide bonds. The van der Waals surface area contributed by atoms with Crippen molar-refractivity contribution in [2.75, 3.05) is 6.54 Å². The summed E-state index contributed by atoms with van der Waals surface area (Å²) in [5, 5.41) is 13.3. The lowest BCUT2D eigenvalue weighted by atomic mass is 9.99. The van der Waals surface area contributed by atoms with Gasteiger partial charge in [-0.3, -0.25) is 4.79 Å². The number of hydrogen-bond acceptors (Lipinski definition) is 3. The standard InChI is InChI=1S/C13H20ClN3O3/c1-4-9(5-2)10(14)8-15-13(18)11-6-7-12(16(11)3)17(19)20/h6-7,9-10H,4-5,8H2,1-3H3,(H,15,18). The first-order valence-corrected chi connectivity index (χ1v) is 7.08. The molecule has 0 saturated carbocycles. The molecular weight excluding hydrogens is 282 g/mol. The molecule has 1 aromatic heterocycles. The van der Waals surface area contributed by atoms with Crippen LogP contribution in [-0.2, 0) is 7.05 Å². The first-order chi connectivity index (χ1) is 9.42. The Labute approximate surface area is 123 Å². The Kier molecular flexibility index (Phi) is 6.01. The molecule has 1 heterocycles. The molecule has 7 heteroatoms. The van der Waals surface area contributed by atoms with Crippen molar-refractivity contribution in [1.82, 2.24) is 9.88 Å². The van der Waals surface area contributed by atoms with Crippen molar-refractivity contribution in [3.63, 3.8) is 0 Å². The SMILES string of the molecule is CCC(CC)C(Cl)CNC(=O)c1ccc([N+](=O)[O-])n1C. The van der Waals surface area contributed by atoms with Gasteiger partial charge in [0, 0.05) is 12.6 Å². The summed E-state index contributed by atoms with van der Waals surface area (Å²) in [6.45, 7) is 4.48. The van der Waals surface area contributed by atoms with Gasteiger partial charge in [0.1, 0.15) is 0 Å². The number of hydrogen-bond donors (Lipinski definition) is 1. The van der Waals surface area contributed by atoms with Gasteiger partial charge in [0.2, 0.25) is 0 Å². The van der Waals surface area contributed by atoms with Gasteiger partial charge in [-0.1, -0.05) is 26.7 Å². The molecule has 20 heavy (non-hydrogen) atoms. The van der Waals surface area contributed by atoms with E-state index >= 15 is 0 Å². The molecule has 0 saturated heterocycles. The number of nitrogens with zero attached hydrogens (tertiary/aromatic N) is 2. The van der Waals surface area contributed by atoms with Crippen molar-refractivity contribution in [3.05, 3.63) is 27.9 Å².